The van der Waals surface area contributed by atoms with E-state index in [-0.39, 0.29) is 11.7 Å². The average Bonchev–Trinajstić information content (AvgIpc) is 3.30. The largest absolute Gasteiger partial charge is 0.492 e. The van der Waals surface area contributed by atoms with Gasteiger partial charge in [0.05, 0.1) is 17.9 Å². The van der Waals surface area contributed by atoms with Crippen molar-refractivity contribution in [2.45, 2.75) is 44.2 Å². The molecule has 0 saturated heterocycles. The Bertz CT molecular complexity index is 1120. The van der Waals surface area contributed by atoms with E-state index < -0.39 is 0 Å². The van der Waals surface area contributed by atoms with Crippen LogP contribution in [0.25, 0.3) is 5.69 Å². The van der Waals surface area contributed by atoms with Gasteiger partial charge in [-0.3, -0.25) is 4.79 Å². The van der Waals surface area contributed by atoms with E-state index in [0.29, 0.717) is 33.8 Å². The van der Waals surface area contributed by atoms with Crippen molar-refractivity contribution < 1.29 is 9.53 Å². The quantitative estimate of drug-likeness (QED) is 0.425. The van der Waals surface area contributed by atoms with Gasteiger partial charge < -0.3 is 10.1 Å². The Balaban J connectivity index is 1.46. The monoisotopic (exact) mass is 454 g/mol. The van der Waals surface area contributed by atoms with Gasteiger partial charge in [-0.1, -0.05) is 30.3 Å². The number of carbonyl (C=O) groups is 1. The minimum atomic E-state index is -0.189. The van der Waals surface area contributed by atoms with Crippen LogP contribution in [-0.2, 0) is 17.6 Å². The highest BCUT2D eigenvalue weighted by molar-refractivity contribution is 7.99. The normalized spacial score (nSPS) is 13.2. The van der Waals surface area contributed by atoms with Gasteiger partial charge in [0, 0.05) is 4.88 Å². The summed E-state index contributed by atoms with van der Waals surface area (Å²) < 4.78 is 7.23. The zero-order valence-corrected chi connectivity index (χ0v) is 18.8. The van der Waals surface area contributed by atoms with Crippen molar-refractivity contribution >= 4 is 34.0 Å². The number of nitriles is 1. The van der Waals surface area contributed by atoms with Crippen molar-refractivity contribution in [3.05, 3.63) is 40.3 Å². The number of thioether (sulfide) groups is 1. The van der Waals surface area contributed by atoms with Gasteiger partial charge in [0.2, 0.25) is 11.1 Å². The molecule has 0 saturated carbocycles. The van der Waals surface area contributed by atoms with Crippen molar-refractivity contribution in [2.24, 2.45) is 0 Å². The number of aromatic nitrogens is 4. The molecule has 0 radical (unpaired) electrons. The highest BCUT2D eigenvalue weighted by atomic mass is 32.2. The Morgan fingerprint density at radius 1 is 1.32 bits per heavy atom. The molecule has 3 aromatic rings. The van der Waals surface area contributed by atoms with Crippen LogP contribution in [0.5, 0.6) is 5.75 Å². The summed E-state index contributed by atoms with van der Waals surface area (Å²) in [5, 5.41) is 25.6. The van der Waals surface area contributed by atoms with Crippen LogP contribution in [0.4, 0.5) is 5.00 Å². The number of rotatable bonds is 7. The van der Waals surface area contributed by atoms with Crippen molar-refractivity contribution in [2.75, 3.05) is 17.7 Å². The molecule has 0 atom stereocenters. The van der Waals surface area contributed by atoms with Crippen LogP contribution in [0.2, 0.25) is 0 Å². The lowest BCUT2D eigenvalue weighted by molar-refractivity contribution is -0.113. The Hall–Kier alpha value is -2.90. The molecule has 8 nitrogen and oxygen atoms in total. The molecule has 1 amide bonds. The summed E-state index contributed by atoms with van der Waals surface area (Å²) in [4.78, 5) is 13.9. The van der Waals surface area contributed by atoms with E-state index in [1.165, 1.54) is 34.4 Å². The van der Waals surface area contributed by atoms with Crippen molar-refractivity contribution in [3.8, 4) is 17.5 Å². The molecule has 1 N–H and O–H groups in total. The minimum absolute atomic E-state index is 0.130. The fourth-order valence-corrected chi connectivity index (χ4v) is 5.51. The number of ether oxygens (including phenoxy) is 1. The predicted molar refractivity (Wildman–Crippen MR) is 120 cm³/mol. The van der Waals surface area contributed by atoms with E-state index in [4.69, 9.17) is 4.74 Å². The summed E-state index contributed by atoms with van der Waals surface area (Å²) in [7, 11) is 0. The number of aryl methyl sites for hydroxylation is 1. The third kappa shape index (κ3) is 4.73. The standard InChI is InChI=1S/C21H22N6O2S2/c1-2-29-17-10-7-6-9-16(17)27-21(24-25-26-27)30-13-19(28)23-20-15(12-22)14-8-4-3-5-11-18(14)31-20/h6-7,9-10H,2-5,8,11,13H2,1H3,(H,23,28). The first-order chi connectivity index (χ1) is 15.2. The van der Waals surface area contributed by atoms with Crippen LogP contribution in [0.15, 0.2) is 29.4 Å². The smallest absolute Gasteiger partial charge is 0.235 e. The fourth-order valence-electron chi connectivity index (χ4n) is 3.57. The molecule has 0 fully saturated rings. The number of benzene rings is 1. The average molecular weight is 455 g/mol. The summed E-state index contributed by atoms with van der Waals surface area (Å²) in [5.41, 5.74) is 2.45. The maximum absolute atomic E-state index is 12.6. The van der Waals surface area contributed by atoms with Gasteiger partial charge in [0.25, 0.3) is 0 Å². The molecule has 10 heteroatoms. The predicted octanol–water partition coefficient (Wildman–Crippen LogP) is 3.99. The Morgan fingerprint density at radius 2 is 2.16 bits per heavy atom. The number of hydrogen-bond donors (Lipinski definition) is 1. The topological polar surface area (TPSA) is 106 Å². The molecule has 1 aliphatic rings. The molecule has 0 unspecified atom stereocenters. The van der Waals surface area contributed by atoms with Crippen LogP contribution < -0.4 is 10.1 Å². The second-order valence-electron chi connectivity index (χ2n) is 6.99. The summed E-state index contributed by atoms with van der Waals surface area (Å²) in [5.74, 6) is 0.609. The van der Waals surface area contributed by atoms with Gasteiger partial charge in [-0.15, -0.1) is 16.4 Å². The van der Waals surface area contributed by atoms with Crippen LogP contribution in [-0.4, -0.2) is 38.5 Å². The molecule has 31 heavy (non-hydrogen) atoms. The van der Waals surface area contributed by atoms with Crippen LogP contribution in [0.1, 0.15) is 42.2 Å². The van der Waals surface area contributed by atoms with Gasteiger partial charge in [0.1, 0.15) is 22.5 Å². The zero-order chi connectivity index (χ0) is 21.6. The van der Waals surface area contributed by atoms with Gasteiger partial charge in [-0.25, -0.2) is 0 Å². The highest BCUT2D eigenvalue weighted by Gasteiger charge is 2.21. The molecule has 4 rings (SSSR count). The number of amides is 1. The van der Waals surface area contributed by atoms with E-state index in [1.807, 2.05) is 31.2 Å². The van der Waals surface area contributed by atoms with Gasteiger partial charge in [0.15, 0.2) is 0 Å². The van der Waals surface area contributed by atoms with Gasteiger partial charge >= 0.3 is 0 Å². The number of tetrazole rings is 1. The summed E-state index contributed by atoms with van der Waals surface area (Å²) in [6, 6.07) is 9.77. The molecule has 1 aromatic carbocycles. The lowest BCUT2D eigenvalue weighted by Gasteiger charge is -2.10. The molecular weight excluding hydrogens is 432 g/mol. The second-order valence-corrected chi connectivity index (χ2v) is 9.04. The van der Waals surface area contributed by atoms with Gasteiger partial charge in [-0.05, 0) is 60.7 Å². The van der Waals surface area contributed by atoms with Crippen molar-refractivity contribution in [3.63, 3.8) is 0 Å². The Labute approximate surface area is 188 Å². The van der Waals surface area contributed by atoms with E-state index in [1.54, 1.807) is 4.68 Å². The van der Waals surface area contributed by atoms with Crippen molar-refractivity contribution in [1.29, 1.82) is 5.26 Å². The lowest BCUT2D eigenvalue weighted by atomic mass is 10.1. The maximum Gasteiger partial charge on any atom is 0.235 e. The first-order valence-electron chi connectivity index (χ1n) is 10.2. The lowest BCUT2D eigenvalue weighted by Crippen LogP contribution is -2.14. The Morgan fingerprint density at radius 3 is 3.00 bits per heavy atom. The van der Waals surface area contributed by atoms with E-state index in [2.05, 4.69) is 26.9 Å². The number of para-hydroxylation sites is 2. The Kier molecular flexibility index (Phi) is 6.84. The number of anilines is 1. The molecule has 0 aliphatic heterocycles. The molecule has 160 valence electrons. The first kappa shape index (κ1) is 21.3. The summed E-state index contributed by atoms with van der Waals surface area (Å²) in [6.07, 6.45) is 5.30. The van der Waals surface area contributed by atoms with E-state index in [9.17, 15) is 10.1 Å². The second kappa shape index (κ2) is 9.94. The molecule has 2 heterocycles. The molecule has 1 aliphatic carbocycles. The minimum Gasteiger partial charge on any atom is -0.492 e. The number of hydrogen-bond acceptors (Lipinski definition) is 8. The number of carbonyl (C=O) groups excluding carboxylic acids is 1. The first-order valence-corrected chi connectivity index (χ1v) is 12.0. The van der Waals surface area contributed by atoms with Crippen LogP contribution in [0, 0.1) is 11.3 Å². The molecule has 0 spiro atoms. The van der Waals surface area contributed by atoms with E-state index in [0.717, 1.165) is 31.2 Å². The molecule has 2 aromatic heterocycles. The zero-order valence-electron chi connectivity index (χ0n) is 17.1. The van der Waals surface area contributed by atoms with Gasteiger partial charge in [-0.2, -0.15) is 9.94 Å². The van der Waals surface area contributed by atoms with Crippen molar-refractivity contribution in [1.82, 2.24) is 20.2 Å². The summed E-state index contributed by atoms with van der Waals surface area (Å²) >= 11 is 2.77. The maximum atomic E-state index is 12.6. The molecular formula is C21H22N6O2S2. The third-order valence-electron chi connectivity index (χ3n) is 4.95. The highest BCUT2D eigenvalue weighted by Crippen LogP contribution is 2.37. The number of nitrogens with zero attached hydrogens (tertiary/aromatic N) is 5. The van der Waals surface area contributed by atoms with Crippen LogP contribution in [0.3, 0.4) is 0 Å². The molecule has 0 bridgehead atoms. The number of fused-ring (bicyclic) bond motifs is 1. The fraction of sp³-hybridized carbons (Fsp3) is 0.381. The van der Waals surface area contributed by atoms with Crippen LogP contribution >= 0.6 is 23.1 Å². The number of nitrogens with one attached hydrogen (secondary N) is 1. The summed E-state index contributed by atoms with van der Waals surface area (Å²) in [6.45, 7) is 2.44. The third-order valence-corrected chi connectivity index (χ3v) is 7.08. The van der Waals surface area contributed by atoms with E-state index >= 15 is 0 Å². The SMILES string of the molecule is CCOc1ccccc1-n1nnnc1SCC(=O)Nc1sc2c(c1C#N)CCCCC2. The number of thiophene rings is 1.